The van der Waals surface area contributed by atoms with Crippen LogP contribution in [0.1, 0.15) is 5.56 Å². The highest BCUT2D eigenvalue weighted by molar-refractivity contribution is 5.90. The van der Waals surface area contributed by atoms with E-state index in [-0.39, 0.29) is 24.6 Å². The highest BCUT2D eigenvalue weighted by Gasteiger charge is 2.40. The van der Waals surface area contributed by atoms with Gasteiger partial charge in [0.2, 0.25) is 0 Å². The second kappa shape index (κ2) is 8.38. The van der Waals surface area contributed by atoms with Gasteiger partial charge in [0.25, 0.3) is 0 Å². The van der Waals surface area contributed by atoms with Crippen molar-refractivity contribution in [3.05, 3.63) is 59.9 Å². The van der Waals surface area contributed by atoms with E-state index in [1.165, 1.54) is 12.1 Å². The van der Waals surface area contributed by atoms with Gasteiger partial charge < -0.3 is 14.8 Å². The lowest BCUT2D eigenvalue weighted by molar-refractivity contribution is -0.173. The molecule has 6 nitrogen and oxygen atoms in total. The fourth-order valence-electron chi connectivity index (χ4n) is 2.66. The van der Waals surface area contributed by atoms with Gasteiger partial charge in [-0.3, -0.25) is 9.69 Å². The lowest BCUT2D eigenvalue weighted by Gasteiger charge is -2.15. The summed E-state index contributed by atoms with van der Waals surface area (Å²) in [6, 6.07) is 13.0. The number of rotatable bonds is 6. The van der Waals surface area contributed by atoms with E-state index < -0.39 is 36.6 Å². The molecule has 10 heteroatoms. The lowest BCUT2D eigenvalue weighted by Crippen LogP contribution is -2.41. The molecule has 1 atom stereocenters. The first-order chi connectivity index (χ1) is 13.7. The summed E-state index contributed by atoms with van der Waals surface area (Å²) in [6.07, 6.45) is -6.87. The molecule has 3 rings (SSSR count). The van der Waals surface area contributed by atoms with E-state index in [9.17, 15) is 27.2 Å². The number of hydrogen-bond donors (Lipinski definition) is 1. The van der Waals surface area contributed by atoms with Gasteiger partial charge in [-0.2, -0.15) is 13.2 Å². The SMILES string of the molecule is O=C1O[C@@H](CNC(=O)C(F)(F)F)CN1c1ccc(OCc2ccccc2)c(F)c1. The number of nitrogens with zero attached hydrogens (tertiary/aromatic N) is 1. The number of hydrogen-bond acceptors (Lipinski definition) is 4. The molecule has 0 unspecified atom stereocenters. The highest BCUT2D eigenvalue weighted by atomic mass is 19.4. The predicted molar refractivity (Wildman–Crippen MR) is 93.9 cm³/mol. The number of carbonyl (C=O) groups is 2. The molecule has 0 bridgehead atoms. The molecular formula is C19H16F4N2O4. The largest absolute Gasteiger partial charge is 0.486 e. The maximum Gasteiger partial charge on any atom is 0.471 e. The number of halogens is 4. The van der Waals surface area contributed by atoms with Gasteiger partial charge in [0.1, 0.15) is 12.7 Å². The van der Waals surface area contributed by atoms with Crippen molar-refractivity contribution in [1.29, 1.82) is 0 Å². The summed E-state index contributed by atoms with van der Waals surface area (Å²) in [5.41, 5.74) is 1.01. The Labute approximate surface area is 163 Å². The molecule has 0 aromatic heterocycles. The van der Waals surface area contributed by atoms with Gasteiger partial charge in [0.15, 0.2) is 11.6 Å². The Morgan fingerprint density at radius 3 is 2.59 bits per heavy atom. The number of anilines is 1. The summed E-state index contributed by atoms with van der Waals surface area (Å²) < 4.78 is 61.3. The quantitative estimate of drug-likeness (QED) is 0.739. The molecule has 0 spiro atoms. The van der Waals surface area contributed by atoms with E-state index in [0.717, 1.165) is 16.5 Å². The summed E-state index contributed by atoms with van der Waals surface area (Å²) in [5, 5.41) is 1.65. The normalized spacial score (nSPS) is 16.5. The highest BCUT2D eigenvalue weighted by Crippen LogP contribution is 2.27. The zero-order valence-corrected chi connectivity index (χ0v) is 14.9. The molecule has 2 aromatic carbocycles. The number of cyclic esters (lactones) is 1. The van der Waals surface area contributed by atoms with Crippen molar-refractivity contribution in [2.75, 3.05) is 18.0 Å². The predicted octanol–water partition coefficient (Wildman–Crippen LogP) is 3.41. The average Bonchev–Trinajstić information content (AvgIpc) is 3.05. The standard InChI is InChI=1S/C19H16F4N2O4/c20-15-8-13(6-7-16(15)28-11-12-4-2-1-3-5-12)25-10-14(29-18(25)27)9-24-17(26)19(21,22)23/h1-8,14H,9-11H2,(H,24,26)/t14-/m0/s1. The Morgan fingerprint density at radius 2 is 1.93 bits per heavy atom. The molecule has 1 heterocycles. The van der Waals surface area contributed by atoms with E-state index in [1.54, 1.807) is 5.32 Å². The van der Waals surface area contributed by atoms with E-state index in [4.69, 9.17) is 9.47 Å². The Hall–Kier alpha value is -3.30. The molecule has 1 saturated heterocycles. The number of nitrogens with one attached hydrogen (secondary N) is 1. The summed E-state index contributed by atoms with van der Waals surface area (Å²) in [7, 11) is 0. The summed E-state index contributed by atoms with van der Waals surface area (Å²) >= 11 is 0. The summed E-state index contributed by atoms with van der Waals surface area (Å²) in [4.78, 5) is 23.9. The van der Waals surface area contributed by atoms with Crippen molar-refractivity contribution >= 4 is 17.7 Å². The van der Waals surface area contributed by atoms with Gasteiger partial charge in [-0.15, -0.1) is 0 Å². The van der Waals surface area contributed by atoms with E-state index >= 15 is 0 Å². The first-order valence-corrected chi connectivity index (χ1v) is 8.53. The van der Waals surface area contributed by atoms with Crippen molar-refractivity contribution < 1.29 is 36.6 Å². The molecule has 1 fully saturated rings. The number of ether oxygens (including phenoxy) is 2. The smallest absolute Gasteiger partial charge is 0.471 e. The molecule has 1 aliphatic rings. The lowest BCUT2D eigenvalue weighted by atomic mass is 10.2. The zero-order valence-electron chi connectivity index (χ0n) is 14.9. The molecule has 0 radical (unpaired) electrons. The Kier molecular flexibility index (Phi) is 5.90. The van der Waals surface area contributed by atoms with Crippen LogP contribution in [0.15, 0.2) is 48.5 Å². The zero-order chi connectivity index (χ0) is 21.0. The van der Waals surface area contributed by atoms with Crippen LogP contribution in [0.3, 0.4) is 0 Å². The second-order valence-corrected chi connectivity index (χ2v) is 6.21. The van der Waals surface area contributed by atoms with Crippen molar-refractivity contribution in [3.8, 4) is 5.75 Å². The van der Waals surface area contributed by atoms with Gasteiger partial charge in [-0.25, -0.2) is 9.18 Å². The van der Waals surface area contributed by atoms with Crippen LogP contribution in [0.25, 0.3) is 0 Å². The van der Waals surface area contributed by atoms with Gasteiger partial charge >= 0.3 is 18.2 Å². The third-order valence-electron chi connectivity index (χ3n) is 4.09. The minimum atomic E-state index is -5.03. The summed E-state index contributed by atoms with van der Waals surface area (Å²) in [5.74, 6) is -2.85. The molecule has 2 aromatic rings. The first-order valence-electron chi connectivity index (χ1n) is 8.53. The Bertz CT molecular complexity index is 890. The van der Waals surface area contributed by atoms with Crippen LogP contribution < -0.4 is 15.0 Å². The Morgan fingerprint density at radius 1 is 1.21 bits per heavy atom. The van der Waals surface area contributed by atoms with E-state index in [0.29, 0.717) is 0 Å². The average molecular weight is 412 g/mol. The minimum Gasteiger partial charge on any atom is -0.486 e. The molecule has 2 amide bonds. The molecule has 1 aliphatic heterocycles. The molecule has 0 aliphatic carbocycles. The van der Waals surface area contributed by atoms with Gasteiger partial charge in [-0.05, 0) is 17.7 Å². The number of carbonyl (C=O) groups excluding carboxylic acids is 2. The minimum absolute atomic E-state index is 0.0147. The number of alkyl halides is 3. The van der Waals surface area contributed by atoms with Gasteiger partial charge in [0.05, 0.1) is 18.8 Å². The fourth-order valence-corrected chi connectivity index (χ4v) is 2.66. The van der Waals surface area contributed by atoms with Crippen molar-refractivity contribution in [2.45, 2.75) is 18.9 Å². The van der Waals surface area contributed by atoms with Crippen LogP contribution in [0.4, 0.5) is 28.0 Å². The third-order valence-corrected chi connectivity index (χ3v) is 4.09. The van der Waals surface area contributed by atoms with Gasteiger partial charge in [0, 0.05) is 6.07 Å². The van der Waals surface area contributed by atoms with Crippen molar-refractivity contribution in [1.82, 2.24) is 5.32 Å². The van der Waals surface area contributed by atoms with Crippen LogP contribution in [-0.4, -0.2) is 37.4 Å². The van der Waals surface area contributed by atoms with Crippen molar-refractivity contribution in [2.24, 2.45) is 0 Å². The van der Waals surface area contributed by atoms with Crippen LogP contribution in [0, 0.1) is 5.82 Å². The molecule has 0 saturated carbocycles. The van der Waals surface area contributed by atoms with Gasteiger partial charge in [-0.1, -0.05) is 30.3 Å². The molecular weight excluding hydrogens is 396 g/mol. The summed E-state index contributed by atoms with van der Waals surface area (Å²) in [6.45, 7) is -0.494. The van der Waals surface area contributed by atoms with Crippen LogP contribution >= 0.6 is 0 Å². The molecule has 29 heavy (non-hydrogen) atoms. The van der Waals surface area contributed by atoms with Crippen molar-refractivity contribution in [3.63, 3.8) is 0 Å². The third kappa shape index (κ3) is 5.15. The molecule has 1 N–H and O–H groups in total. The second-order valence-electron chi connectivity index (χ2n) is 6.21. The van der Waals surface area contributed by atoms with Crippen LogP contribution in [0.5, 0.6) is 5.75 Å². The van der Waals surface area contributed by atoms with E-state index in [1.807, 2.05) is 30.3 Å². The topological polar surface area (TPSA) is 67.9 Å². The Balaban J connectivity index is 1.59. The fraction of sp³-hybridized carbons (Fsp3) is 0.263. The van der Waals surface area contributed by atoms with Crippen LogP contribution in [-0.2, 0) is 16.1 Å². The van der Waals surface area contributed by atoms with Crippen LogP contribution in [0.2, 0.25) is 0 Å². The maximum absolute atomic E-state index is 14.3. The van der Waals surface area contributed by atoms with E-state index in [2.05, 4.69) is 0 Å². The monoisotopic (exact) mass is 412 g/mol. The first kappa shape index (κ1) is 20.4. The number of amides is 2. The number of benzene rings is 2. The maximum atomic E-state index is 14.3. The molecule has 154 valence electrons.